The summed E-state index contributed by atoms with van der Waals surface area (Å²) < 4.78 is 1.62. The number of carbonyl (C=O) groups is 1. The second kappa shape index (κ2) is 4.91. The van der Waals surface area contributed by atoms with Gasteiger partial charge >= 0.3 is 0 Å². The molecule has 0 aliphatic heterocycles. The Kier molecular flexibility index (Phi) is 3.32. The Labute approximate surface area is 106 Å². The Bertz CT molecular complexity index is 562. The number of aryl methyl sites for hydroxylation is 1. The van der Waals surface area contributed by atoms with E-state index in [-0.39, 0.29) is 11.8 Å². The van der Waals surface area contributed by atoms with Gasteiger partial charge in [0.15, 0.2) is 0 Å². The standard InChI is InChI=1S/C13H16N4O/c1-9(10-4-3-5-11(14)8-10)13(18)16-12-6-7-15-17(12)2/h3-9H,14H2,1-2H3,(H,16,18). The summed E-state index contributed by atoms with van der Waals surface area (Å²) in [5.41, 5.74) is 7.27. The summed E-state index contributed by atoms with van der Waals surface area (Å²) in [6.07, 6.45) is 1.64. The average Bonchev–Trinajstić information content (AvgIpc) is 2.74. The van der Waals surface area contributed by atoms with E-state index in [1.54, 1.807) is 30.1 Å². The van der Waals surface area contributed by atoms with Crippen LogP contribution in [0.5, 0.6) is 0 Å². The van der Waals surface area contributed by atoms with Crippen LogP contribution in [-0.4, -0.2) is 15.7 Å². The van der Waals surface area contributed by atoms with Crippen molar-refractivity contribution in [1.29, 1.82) is 0 Å². The molecule has 0 radical (unpaired) electrons. The summed E-state index contributed by atoms with van der Waals surface area (Å²) in [5.74, 6) is 0.336. The van der Waals surface area contributed by atoms with E-state index < -0.39 is 0 Å². The molecule has 5 nitrogen and oxygen atoms in total. The number of aromatic nitrogens is 2. The van der Waals surface area contributed by atoms with Gasteiger partial charge in [-0.3, -0.25) is 9.48 Å². The van der Waals surface area contributed by atoms with Gasteiger partial charge in [-0.1, -0.05) is 12.1 Å². The maximum absolute atomic E-state index is 12.1. The quantitative estimate of drug-likeness (QED) is 0.808. The van der Waals surface area contributed by atoms with Gasteiger partial charge in [-0.25, -0.2) is 0 Å². The highest BCUT2D eigenvalue weighted by molar-refractivity contribution is 5.95. The maximum Gasteiger partial charge on any atom is 0.232 e. The third-order valence-corrected chi connectivity index (χ3v) is 2.88. The minimum Gasteiger partial charge on any atom is -0.399 e. The molecule has 0 saturated carbocycles. The van der Waals surface area contributed by atoms with Gasteiger partial charge in [-0.05, 0) is 24.6 Å². The van der Waals surface area contributed by atoms with Crippen LogP contribution in [0.3, 0.4) is 0 Å². The number of hydrogen-bond acceptors (Lipinski definition) is 3. The van der Waals surface area contributed by atoms with Gasteiger partial charge in [0.05, 0.1) is 12.1 Å². The summed E-state index contributed by atoms with van der Waals surface area (Å²) in [4.78, 5) is 12.1. The number of hydrogen-bond donors (Lipinski definition) is 2. The fourth-order valence-electron chi connectivity index (χ4n) is 1.71. The molecule has 1 atom stereocenters. The van der Waals surface area contributed by atoms with Gasteiger partial charge in [-0.15, -0.1) is 0 Å². The summed E-state index contributed by atoms with van der Waals surface area (Å²) in [6.45, 7) is 1.85. The topological polar surface area (TPSA) is 72.9 Å². The predicted octanol–water partition coefficient (Wildman–Crippen LogP) is 1.74. The number of nitrogens with zero attached hydrogens (tertiary/aromatic N) is 2. The van der Waals surface area contributed by atoms with E-state index in [1.807, 2.05) is 25.1 Å². The van der Waals surface area contributed by atoms with Crippen LogP contribution in [0.25, 0.3) is 0 Å². The van der Waals surface area contributed by atoms with Crippen LogP contribution in [0.4, 0.5) is 11.5 Å². The van der Waals surface area contributed by atoms with Crippen LogP contribution < -0.4 is 11.1 Å². The predicted molar refractivity (Wildman–Crippen MR) is 71.1 cm³/mol. The van der Waals surface area contributed by atoms with Crippen molar-refractivity contribution in [3.8, 4) is 0 Å². The Balaban J connectivity index is 2.12. The van der Waals surface area contributed by atoms with Gasteiger partial charge in [0.2, 0.25) is 5.91 Å². The van der Waals surface area contributed by atoms with Gasteiger partial charge in [-0.2, -0.15) is 5.10 Å². The van der Waals surface area contributed by atoms with Gasteiger partial charge < -0.3 is 11.1 Å². The van der Waals surface area contributed by atoms with Crippen LogP contribution in [0.2, 0.25) is 0 Å². The van der Waals surface area contributed by atoms with Gasteiger partial charge in [0.25, 0.3) is 0 Å². The van der Waals surface area contributed by atoms with E-state index in [9.17, 15) is 4.79 Å². The Morgan fingerprint density at radius 3 is 2.83 bits per heavy atom. The molecule has 0 fully saturated rings. The number of nitrogen functional groups attached to an aromatic ring is 1. The van der Waals surface area contributed by atoms with Crippen molar-refractivity contribution in [2.24, 2.45) is 7.05 Å². The SMILES string of the molecule is CC(C(=O)Nc1ccnn1C)c1cccc(N)c1. The zero-order valence-electron chi connectivity index (χ0n) is 10.4. The third kappa shape index (κ3) is 2.51. The van der Waals surface area contributed by atoms with Gasteiger partial charge in [0, 0.05) is 18.8 Å². The second-order valence-electron chi connectivity index (χ2n) is 4.22. The largest absolute Gasteiger partial charge is 0.399 e. The smallest absolute Gasteiger partial charge is 0.232 e. The Hall–Kier alpha value is -2.30. The second-order valence-corrected chi connectivity index (χ2v) is 4.22. The van der Waals surface area contributed by atoms with E-state index in [0.717, 1.165) is 5.56 Å². The monoisotopic (exact) mass is 244 g/mol. The summed E-state index contributed by atoms with van der Waals surface area (Å²) in [7, 11) is 1.78. The molecule has 1 amide bonds. The van der Waals surface area contributed by atoms with Crippen molar-refractivity contribution in [2.75, 3.05) is 11.1 Å². The van der Waals surface area contributed by atoms with Gasteiger partial charge in [0.1, 0.15) is 5.82 Å². The molecule has 2 aromatic rings. The van der Waals surface area contributed by atoms with E-state index in [0.29, 0.717) is 11.5 Å². The van der Waals surface area contributed by atoms with Crippen molar-refractivity contribution in [1.82, 2.24) is 9.78 Å². The molecular weight excluding hydrogens is 228 g/mol. The fourth-order valence-corrected chi connectivity index (χ4v) is 1.71. The van der Waals surface area contributed by atoms with Crippen LogP contribution in [0, 0.1) is 0 Å². The minimum absolute atomic E-state index is 0.0794. The molecule has 1 aromatic heterocycles. The first-order chi connectivity index (χ1) is 8.58. The molecule has 3 N–H and O–H groups in total. The molecule has 0 bridgehead atoms. The lowest BCUT2D eigenvalue weighted by Crippen LogP contribution is -2.20. The van der Waals surface area contributed by atoms with Crippen LogP contribution in [-0.2, 0) is 11.8 Å². The summed E-state index contributed by atoms with van der Waals surface area (Å²) in [6, 6.07) is 9.11. The molecular formula is C13H16N4O. The highest BCUT2D eigenvalue weighted by atomic mass is 16.2. The zero-order valence-corrected chi connectivity index (χ0v) is 10.4. The van der Waals surface area contributed by atoms with E-state index in [4.69, 9.17) is 5.73 Å². The summed E-state index contributed by atoms with van der Waals surface area (Å²) >= 11 is 0. The molecule has 1 aromatic carbocycles. The lowest BCUT2D eigenvalue weighted by Gasteiger charge is -2.13. The molecule has 18 heavy (non-hydrogen) atoms. The minimum atomic E-state index is -0.261. The van der Waals surface area contributed by atoms with Crippen LogP contribution in [0.1, 0.15) is 18.4 Å². The van der Waals surface area contributed by atoms with E-state index in [2.05, 4.69) is 10.4 Å². The Morgan fingerprint density at radius 1 is 1.44 bits per heavy atom. The van der Waals surface area contributed by atoms with Crippen LogP contribution in [0.15, 0.2) is 36.5 Å². The highest BCUT2D eigenvalue weighted by Crippen LogP contribution is 2.19. The summed E-state index contributed by atoms with van der Waals surface area (Å²) in [5, 5.41) is 6.83. The lowest BCUT2D eigenvalue weighted by molar-refractivity contribution is -0.117. The zero-order chi connectivity index (χ0) is 13.1. The van der Waals surface area contributed by atoms with E-state index >= 15 is 0 Å². The van der Waals surface area contributed by atoms with Crippen molar-refractivity contribution in [3.63, 3.8) is 0 Å². The van der Waals surface area contributed by atoms with E-state index in [1.165, 1.54) is 0 Å². The first-order valence-electron chi connectivity index (χ1n) is 5.72. The molecule has 1 heterocycles. The molecule has 0 saturated heterocycles. The average molecular weight is 244 g/mol. The molecule has 5 heteroatoms. The number of amides is 1. The van der Waals surface area contributed by atoms with Crippen molar-refractivity contribution >= 4 is 17.4 Å². The number of carbonyl (C=O) groups excluding carboxylic acids is 1. The number of nitrogens with two attached hydrogens (primary N) is 1. The van der Waals surface area contributed by atoms with Crippen LogP contribution >= 0.6 is 0 Å². The maximum atomic E-state index is 12.1. The van der Waals surface area contributed by atoms with Crippen molar-refractivity contribution in [2.45, 2.75) is 12.8 Å². The Morgan fingerprint density at radius 2 is 2.22 bits per heavy atom. The number of anilines is 2. The molecule has 1 unspecified atom stereocenters. The van der Waals surface area contributed by atoms with Crippen molar-refractivity contribution in [3.05, 3.63) is 42.1 Å². The first-order valence-corrected chi connectivity index (χ1v) is 5.72. The molecule has 0 spiro atoms. The fraction of sp³-hybridized carbons (Fsp3) is 0.231. The number of rotatable bonds is 3. The highest BCUT2D eigenvalue weighted by Gasteiger charge is 2.16. The lowest BCUT2D eigenvalue weighted by atomic mass is 10.00. The molecule has 94 valence electrons. The molecule has 0 aliphatic carbocycles. The number of benzene rings is 1. The van der Waals surface area contributed by atoms with Crippen molar-refractivity contribution < 1.29 is 4.79 Å². The molecule has 2 rings (SSSR count). The number of nitrogens with one attached hydrogen (secondary N) is 1. The normalized spacial score (nSPS) is 12.1. The molecule has 0 aliphatic rings. The third-order valence-electron chi connectivity index (χ3n) is 2.88. The first kappa shape index (κ1) is 12.2.